The van der Waals surface area contributed by atoms with E-state index < -0.39 is 0 Å². The third kappa shape index (κ3) is 6.00. The van der Waals surface area contributed by atoms with Gasteiger partial charge < -0.3 is 9.47 Å². The number of allylic oxidation sites excluding steroid dienone is 4. The number of anilines is 2. The van der Waals surface area contributed by atoms with E-state index in [0.29, 0.717) is 0 Å². The van der Waals surface area contributed by atoms with Gasteiger partial charge in [0, 0.05) is 33.2 Å². The summed E-state index contributed by atoms with van der Waals surface area (Å²) in [6.45, 7) is 7.08. The molecule has 2 heteroatoms. The molecule has 2 atom stereocenters. The molecule has 2 unspecified atom stereocenters. The lowest BCUT2D eigenvalue weighted by atomic mass is 9.69. The summed E-state index contributed by atoms with van der Waals surface area (Å²) in [6, 6.07) is 71.6. The number of aryl methyl sites for hydroxylation is 1. The standard InChI is InChI=1S/C59H48N2/c1-4-54-58(50-24-14-11-17-40(50)2)52-35-34-49(39-55(52)59(54,3)45-20-7-5-8-21-45)60(46-22-9-6-10-23-46)47-31-27-42(28-32-47)44-30-36-57-53(38-44)51-25-15-16-26-56(51)61(57)48-33-29-41-18-12-13-19-43(41)37-48/h5-38,49H,4,39H2,1-3H3. The van der Waals surface area contributed by atoms with E-state index in [1.807, 2.05) is 0 Å². The average molecular weight is 785 g/mol. The fourth-order valence-electron chi connectivity index (χ4n) is 10.7. The van der Waals surface area contributed by atoms with Crippen molar-refractivity contribution < 1.29 is 0 Å². The van der Waals surface area contributed by atoms with Crippen LogP contribution in [0.5, 0.6) is 0 Å². The Kier molecular flexibility index (Phi) is 8.97. The van der Waals surface area contributed by atoms with E-state index in [2.05, 4.69) is 237 Å². The molecule has 0 N–H and O–H groups in total. The molecule has 294 valence electrons. The normalized spacial score (nSPS) is 17.5. The van der Waals surface area contributed by atoms with Gasteiger partial charge >= 0.3 is 0 Å². The van der Waals surface area contributed by atoms with Crippen molar-refractivity contribution in [2.75, 3.05) is 4.90 Å². The summed E-state index contributed by atoms with van der Waals surface area (Å²) in [7, 11) is 0. The zero-order chi connectivity index (χ0) is 41.1. The van der Waals surface area contributed by atoms with Crippen LogP contribution in [-0.2, 0) is 5.41 Å². The number of rotatable bonds is 8. The van der Waals surface area contributed by atoms with E-state index >= 15 is 0 Å². The summed E-state index contributed by atoms with van der Waals surface area (Å²) < 4.78 is 2.41. The van der Waals surface area contributed by atoms with E-state index in [4.69, 9.17) is 0 Å². The van der Waals surface area contributed by atoms with Crippen molar-refractivity contribution in [1.82, 2.24) is 4.57 Å². The highest BCUT2D eigenvalue weighted by Gasteiger charge is 2.45. The van der Waals surface area contributed by atoms with Crippen LogP contribution in [0.2, 0.25) is 0 Å². The molecule has 0 amide bonds. The van der Waals surface area contributed by atoms with Gasteiger partial charge in [0.1, 0.15) is 0 Å². The number of para-hydroxylation sites is 2. The van der Waals surface area contributed by atoms with Crippen LogP contribution < -0.4 is 4.90 Å². The van der Waals surface area contributed by atoms with Gasteiger partial charge in [0.2, 0.25) is 0 Å². The van der Waals surface area contributed by atoms with Crippen LogP contribution in [0.3, 0.4) is 0 Å². The molecule has 0 bridgehead atoms. The highest BCUT2D eigenvalue weighted by atomic mass is 15.2. The van der Waals surface area contributed by atoms with E-state index in [1.165, 1.54) is 99.8 Å². The first-order valence-corrected chi connectivity index (χ1v) is 21.8. The lowest BCUT2D eigenvalue weighted by Gasteiger charge is -2.39. The fourth-order valence-corrected chi connectivity index (χ4v) is 10.7. The summed E-state index contributed by atoms with van der Waals surface area (Å²) in [5.41, 5.74) is 18.1. The van der Waals surface area contributed by atoms with E-state index in [0.717, 1.165) is 12.8 Å². The minimum absolute atomic E-state index is 0.127. The Balaban J connectivity index is 0.978. The molecule has 1 aromatic heterocycles. The van der Waals surface area contributed by atoms with Gasteiger partial charge in [-0.2, -0.15) is 0 Å². The molecule has 8 aromatic carbocycles. The Morgan fingerprint density at radius 1 is 0.590 bits per heavy atom. The number of fused-ring (bicyclic) bond motifs is 4. The second-order valence-electron chi connectivity index (χ2n) is 16.9. The lowest BCUT2D eigenvalue weighted by molar-refractivity contribution is 0.590. The minimum Gasteiger partial charge on any atom is -0.334 e. The summed E-state index contributed by atoms with van der Waals surface area (Å²) in [4.78, 5) is 2.55. The van der Waals surface area contributed by atoms with Crippen molar-refractivity contribution in [2.24, 2.45) is 0 Å². The Morgan fingerprint density at radius 3 is 2.03 bits per heavy atom. The Labute approximate surface area is 359 Å². The predicted octanol–water partition coefficient (Wildman–Crippen LogP) is 15.5. The summed E-state index contributed by atoms with van der Waals surface area (Å²) in [5.74, 6) is 0. The lowest BCUT2D eigenvalue weighted by Crippen LogP contribution is -2.35. The van der Waals surface area contributed by atoms with E-state index in [9.17, 15) is 0 Å². The van der Waals surface area contributed by atoms with Gasteiger partial charge in [-0.25, -0.2) is 0 Å². The van der Waals surface area contributed by atoms with Crippen LogP contribution in [-0.4, -0.2) is 10.6 Å². The van der Waals surface area contributed by atoms with Crippen molar-refractivity contribution in [3.8, 4) is 16.8 Å². The maximum Gasteiger partial charge on any atom is 0.0563 e. The molecular formula is C59H48N2. The van der Waals surface area contributed by atoms with Crippen LogP contribution in [0.4, 0.5) is 11.4 Å². The van der Waals surface area contributed by atoms with Crippen molar-refractivity contribution >= 4 is 49.5 Å². The van der Waals surface area contributed by atoms with Crippen LogP contribution in [0.25, 0.3) is 55.0 Å². The maximum atomic E-state index is 2.55. The maximum absolute atomic E-state index is 2.55. The molecule has 0 saturated heterocycles. The smallest absolute Gasteiger partial charge is 0.0563 e. The van der Waals surface area contributed by atoms with Crippen LogP contribution in [0.15, 0.2) is 223 Å². The van der Waals surface area contributed by atoms with Gasteiger partial charge in [-0.15, -0.1) is 0 Å². The topological polar surface area (TPSA) is 8.17 Å². The predicted molar refractivity (Wildman–Crippen MR) is 259 cm³/mol. The van der Waals surface area contributed by atoms with Gasteiger partial charge in [0.15, 0.2) is 0 Å². The summed E-state index contributed by atoms with van der Waals surface area (Å²) >= 11 is 0. The van der Waals surface area contributed by atoms with Gasteiger partial charge in [-0.3, -0.25) is 0 Å². The van der Waals surface area contributed by atoms with Crippen molar-refractivity contribution in [3.63, 3.8) is 0 Å². The third-order valence-corrected chi connectivity index (χ3v) is 13.6. The monoisotopic (exact) mass is 784 g/mol. The molecule has 11 rings (SSSR count). The molecular weight excluding hydrogens is 737 g/mol. The Morgan fingerprint density at radius 2 is 1.25 bits per heavy atom. The fraction of sp³-hybridized carbons (Fsp3) is 0.119. The number of nitrogens with zero attached hydrogens (tertiary/aromatic N) is 2. The van der Waals surface area contributed by atoms with Crippen molar-refractivity contribution in [1.29, 1.82) is 0 Å². The van der Waals surface area contributed by atoms with Crippen molar-refractivity contribution in [2.45, 2.75) is 45.1 Å². The van der Waals surface area contributed by atoms with Crippen LogP contribution in [0, 0.1) is 6.92 Å². The largest absolute Gasteiger partial charge is 0.334 e. The second kappa shape index (κ2) is 14.8. The molecule has 2 aliphatic rings. The molecule has 0 radical (unpaired) electrons. The number of benzene rings is 8. The van der Waals surface area contributed by atoms with Crippen LogP contribution >= 0.6 is 0 Å². The molecule has 2 nitrogen and oxygen atoms in total. The SMILES string of the molecule is CCC1=C(c2ccccc2C)C2=C(CC(N(c3ccccc3)c3ccc(-c4ccc5c(c4)c4ccccc4n5-c4ccc5ccccc5c4)cc3)C=C2)C1(C)c1ccccc1. The quantitative estimate of drug-likeness (QED) is 0.149. The molecule has 0 fully saturated rings. The zero-order valence-corrected chi connectivity index (χ0v) is 35.0. The summed E-state index contributed by atoms with van der Waals surface area (Å²) in [6.07, 6.45) is 6.81. The highest BCUT2D eigenvalue weighted by molar-refractivity contribution is 6.10. The molecule has 0 saturated carbocycles. The zero-order valence-electron chi connectivity index (χ0n) is 35.0. The first-order valence-electron chi connectivity index (χ1n) is 21.8. The first kappa shape index (κ1) is 36.9. The molecule has 0 spiro atoms. The van der Waals surface area contributed by atoms with E-state index in [-0.39, 0.29) is 11.5 Å². The highest BCUT2D eigenvalue weighted by Crippen LogP contribution is 2.57. The first-order chi connectivity index (χ1) is 30.0. The van der Waals surface area contributed by atoms with Gasteiger partial charge in [0.25, 0.3) is 0 Å². The van der Waals surface area contributed by atoms with Crippen LogP contribution in [0.1, 0.15) is 43.4 Å². The van der Waals surface area contributed by atoms with Gasteiger partial charge in [-0.05, 0) is 142 Å². The number of hydrogen-bond donors (Lipinski definition) is 0. The molecule has 9 aromatic rings. The van der Waals surface area contributed by atoms with E-state index in [1.54, 1.807) is 0 Å². The van der Waals surface area contributed by atoms with Gasteiger partial charge in [0.05, 0.1) is 17.1 Å². The van der Waals surface area contributed by atoms with Crippen molar-refractivity contribution in [3.05, 3.63) is 240 Å². The molecule has 0 aliphatic heterocycles. The molecule has 1 heterocycles. The second-order valence-corrected chi connectivity index (χ2v) is 16.9. The molecule has 2 aliphatic carbocycles. The third-order valence-electron chi connectivity index (χ3n) is 13.6. The Bertz CT molecular complexity index is 3220. The summed E-state index contributed by atoms with van der Waals surface area (Å²) in [5, 5.41) is 5.02. The Hall–Kier alpha value is -7.16. The number of aromatic nitrogens is 1. The number of hydrogen-bond acceptors (Lipinski definition) is 1. The average Bonchev–Trinajstić information content (AvgIpc) is 3.78. The molecule has 61 heavy (non-hydrogen) atoms. The minimum atomic E-state index is -0.214. The van der Waals surface area contributed by atoms with Gasteiger partial charge in [-0.1, -0.05) is 159 Å².